The lowest BCUT2D eigenvalue weighted by molar-refractivity contribution is -0.139. The number of fused-ring (bicyclic) bond motifs is 1. The number of pyridine rings is 1. The van der Waals surface area contributed by atoms with Crippen LogP contribution in [0.25, 0.3) is 0 Å². The Bertz CT molecular complexity index is 686. The van der Waals surface area contributed by atoms with Gasteiger partial charge in [-0.2, -0.15) is 0 Å². The zero-order valence-corrected chi connectivity index (χ0v) is 14.0. The number of ether oxygens (including phenoxy) is 2. The molecule has 24 heavy (non-hydrogen) atoms. The van der Waals surface area contributed by atoms with Gasteiger partial charge >= 0.3 is 0 Å². The summed E-state index contributed by atoms with van der Waals surface area (Å²) in [6, 6.07) is 3.64. The first-order valence-corrected chi connectivity index (χ1v) is 8.15. The van der Waals surface area contributed by atoms with Gasteiger partial charge in [-0.25, -0.2) is 4.98 Å². The normalized spacial score (nSPS) is 16.8. The fraction of sp³-hybridized carbons (Fsp3) is 0.471. The van der Waals surface area contributed by atoms with Crippen LogP contribution in [-0.4, -0.2) is 45.1 Å². The molecule has 3 heterocycles. The summed E-state index contributed by atoms with van der Waals surface area (Å²) in [7, 11) is 0. The number of amides is 1. The van der Waals surface area contributed by atoms with Crippen molar-refractivity contribution in [1.29, 1.82) is 0 Å². The van der Waals surface area contributed by atoms with Gasteiger partial charge in [0.2, 0.25) is 5.91 Å². The van der Waals surface area contributed by atoms with Crippen LogP contribution in [0.15, 0.2) is 30.7 Å². The fourth-order valence-electron chi connectivity index (χ4n) is 2.88. The van der Waals surface area contributed by atoms with Gasteiger partial charge in [0.1, 0.15) is 24.8 Å². The predicted octanol–water partition coefficient (Wildman–Crippen LogP) is 1.80. The summed E-state index contributed by atoms with van der Waals surface area (Å²) in [5.74, 6) is 1.62. The van der Waals surface area contributed by atoms with Crippen LogP contribution in [-0.2, 0) is 22.7 Å². The summed E-state index contributed by atoms with van der Waals surface area (Å²) in [6.45, 7) is 6.33. The molecule has 0 saturated carbocycles. The van der Waals surface area contributed by atoms with Gasteiger partial charge < -0.3 is 18.9 Å². The van der Waals surface area contributed by atoms with E-state index in [9.17, 15) is 4.79 Å². The van der Waals surface area contributed by atoms with Crippen LogP contribution in [0.5, 0.6) is 5.75 Å². The molecule has 2 aromatic heterocycles. The van der Waals surface area contributed by atoms with E-state index < -0.39 is 0 Å². The van der Waals surface area contributed by atoms with Crippen LogP contribution in [0.2, 0.25) is 0 Å². The number of imidazole rings is 1. The van der Waals surface area contributed by atoms with Crippen LogP contribution >= 0.6 is 0 Å². The number of hydrogen-bond donors (Lipinski definition) is 0. The number of nitrogens with zero attached hydrogens (tertiary/aromatic N) is 4. The van der Waals surface area contributed by atoms with Crippen molar-refractivity contribution in [2.24, 2.45) is 0 Å². The zero-order valence-electron chi connectivity index (χ0n) is 14.0. The number of carbonyl (C=O) groups excluding carboxylic acids is 1. The second kappa shape index (κ2) is 7.44. The van der Waals surface area contributed by atoms with E-state index in [0.29, 0.717) is 26.3 Å². The van der Waals surface area contributed by atoms with Crippen molar-refractivity contribution in [2.45, 2.75) is 33.0 Å². The Kier molecular flexibility index (Phi) is 5.10. The second-order valence-electron chi connectivity index (χ2n) is 5.64. The highest BCUT2D eigenvalue weighted by Gasteiger charge is 2.30. The van der Waals surface area contributed by atoms with Gasteiger partial charge in [-0.3, -0.25) is 9.78 Å². The highest BCUT2D eigenvalue weighted by atomic mass is 16.5. The molecule has 0 radical (unpaired) electrons. The third kappa shape index (κ3) is 3.41. The predicted molar refractivity (Wildman–Crippen MR) is 87.4 cm³/mol. The van der Waals surface area contributed by atoms with E-state index in [0.717, 1.165) is 17.3 Å². The minimum atomic E-state index is -0.0705. The van der Waals surface area contributed by atoms with Crippen LogP contribution < -0.4 is 4.74 Å². The van der Waals surface area contributed by atoms with E-state index >= 15 is 0 Å². The van der Waals surface area contributed by atoms with Gasteiger partial charge in [0, 0.05) is 25.9 Å². The molecule has 3 rings (SSSR count). The first-order valence-electron chi connectivity index (χ1n) is 8.15. The van der Waals surface area contributed by atoms with Crippen molar-refractivity contribution in [1.82, 2.24) is 19.4 Å². The van der Waals surface area contributed by atoms with Gasteiger partial charge in [-0.1, -0.05) is 0 Å². The average Bonchev–Trinajstić information content (AvgIpc) is 3.03. The zero-order chi connectivity index (χ0) is 16.9. The summed E-state index contributed by atoms with van der Waals surface area (Å²) in [4.78, 5) is 22.6. The molecule has 128 valence electrons. The summed E-state index contributed by atoms with van der Waals surface area (Å²) in [5.41, 5.74) is 0.998. The lowest BCUT2D eigenvalue weighted by atomic mass is 10.2. The molecule has 1 atom stereocenters. The monoisotopic (exact) mass is 330 g/mol. The molecule has 0 fully saturated rings. The maximum atomic E-state index is 12.2. The summed E-state index contributed by atoms with van der Waals surface area (Å²) < 4.78 is 13.1. The second-order valence-corrected chi connectivity index (χ2v) is 5.64. The third-order valence-electron chi connectivity index (χ3n) is 4.15. The molecule has 0 spiro atoms. The quantitative estimate of drug-likeness (QED) is 0.808. The van der Waals surface area contributed by atoms with E-state index in [4.69, 9.17) is 9.47 Å². The maximum Gasteiger partial charge on any atom is 0.249 e. The Morgan fingerprint density at radius 1 is 1.38 bits per heavy atom. The Morgan fingerprint density at radius 3 is 3.00 bits per heavy atom. The first kappa shape index (κ1) is 16.4. The molecular weight excluding hydrogens is 308 g/mol. The van der Waals surface area contributed by atoms with Crippen molar-refractivity contribution in [3.05, 3.63) is 42.2 Å². The Balaban J connectivity index is 1.67. The van der Waals surface area contributed by atoms with Gasteiger partial charge in [0.05, 0.1) is 24.1 Å². The topological polar surface area (TPSA) is 69.5 Å². The number of carbonyl (C=O) groups is 1. The number of aromatic nitrogens is 3. The summed E-state index contributed by atoms with van der Waals surface area (Å²) >= 11 is 0. The van der Waals surface area contributed by atoms with E-state index in [-0.39, 0.29) is 18.6 Å². The Morgan fingerprint density at radius 2 is 2.25 bits per heavy atom. The van der Waals surface area contributed by atoms with Crippen molar-refractivity contribution >= 4 is 5.91 Å². The van der Waals surface area contributed by atoms with Gasteiger partial charge in [-0.05, 0) is 26.0 Å². The van der Waals surface area contributed by atoms with Crippen molar-refractivity contribution in [3.63, 3.8) is 0 Å². The third-order valence-corrected chi connectivity index (χ3v) is 4.15. The van der Waals surface area contributed by atoms with Crippen molar-refractivity contribution < 1.29 is 14.3 Å². The van der Waals surface area contributed by atoms with E-state index in [1.807, 2.05) is 37.1 Å². The molecule has 0 bridgehead atoms. The van der Waals surface area contributed by atoms with Gasteiger partial charge in [0.25, 0.3) is 0 Å². The van der Waals surface area contributed by atoms with Crippen LogP contribution in [0.4, 0.5) is 0 Å². The summed E-state index contributed by atoms with van der Waals surface area (Å²) in [5, 5.41) is 0. The molecule has 7 heteroatoms. The van der Waals surface area contributed by atoms with Crippen molar-refractivity contribution in [3.8, 4) is 5.75 Å². The lowest BCUT2D eigenvalue weighted by Crippen LogP contribution is -2.43. The van der Waals surface area contributed by atoms with Gasteiger partial charge in [-0.15, -0.1) is 0 Å². The fourth-order valence-corrected chi connectivity index (χ4v) is 2.88. The minimum absolute atomic E-state index is 0.00626. The molecule has 7 nitrogen and oxygen atoms in total. The average molecular weight is 330 g/mol. The molecule has 1 unspecified atom stereocenters. The highest BCUT2D eigenvalue weighted by molar-refractivity contribution is 5.78. The smallest absolute Gasteiger partial charge is 0.249 e. The first-order chi connectivity index (χ1) is 11.7. The van der Waals surface area contributed by atoms with E-state index in [1.54, 1.807) is 12.4 Å². The Hall–Kier alpha value is -2.41. The van der Waals surface area contributed by atoms with Crippen molar-refractivity contribution in [2.75, 3.05) is 19.8 Å². The maximum absolute atomic E-state index is 12.2. The lowest BCUT2D eigenvalue weighted by Gasteiger charge is -2.34. The van der Waals surface area contributed by atoms with E-state index in [1.165, 1.54) is 0 Å². The Labute approximate surface area is 141 Å². The molecule has 1 amide bonds. The van der Waals surface area contributed by atoms with Crippen LogP contribution in [0.3, 0.4) is 0 Å². The molecule has 0 N–H and O–H groups in total. The minimum Gasteiger partial charge on any atom is -0.486 e. The highest BCUT2D eigenvalue weighted by Crippen LogP contribution is 2.26. The largest absolute Gasteiger partial charge is 0.486 e. The number of hydrogen-bond acceptors (Lipinski definition) is 5. The molecule has 2 aromatic rings. The SMILES string of the molecule is CCOCC(=O)N1CCn2c(COc3cccnc3)cnc2C1C. The summed E-state index contributed by atoms with van der Waals surface area (Å²) in [6.07, 6.45) is 5.21. The molecule has 1 aliphatic heterocycles. The molecule has 1 aliphatic rings. The van der Waals surface area contributed by atoms with Crippen LogP contribution in [0.1, 0.15) is 31.4 Å². The van der Waals surface area contributed by atoms with Crippen LogP contribution in [0, 0.1) is 0 Å². The molecule has 0 aromatic carbocycles. The molecule has 0 aliphatic carbocycles. The number of rotatable bonds is 6. The molecular formula is C17H22N4O3. The van der Waals surface area contributed by atoms with E-state index in [2.05, 4.69) is 14.5 Å². The molecule has 0 saturated heterocycles. The standard InChI is InChI=1S/C17H22N4O3/c1-3-23-12-16(22)20-7-8-21-14(9-19-17(21)13(20)2)11-24-15-5-4-6-18-10-15/h4-6,9-10,13H,3,7-8,11-12H2,1-2H3. The van der Waals surface area contributed by atoms with Gasteiger partial charge in [0.15, 0.2) is 0 Å².